The first-order valence-corrected chi connectivity index (χ1v) is 8.00. The lowest BCUT2D eigenvalue weighted by Gasteiger charge is -1.99. The highest BCUT2D eigenvalue weighted by Gasteiger charge is 2.11. The van der Waals surface area contributed by atoms with Gasteiger partial charge in [0.2, 0.25) is 5.82 Å². The Hall–Kier alpha value is -2.92. The minimum Gasteiger partial charge on any atom is -0.508 e. The molecule has 5 heteroatoms. The second-order valence-electron chi connectivity index (χ2n) is 5.06. The maximum Gasteiger partial charge on any atom is 0.258 e. The van der Waals surface area contributed by atoms with Crippen LogP contribution in [0, 0.1) is 0 Å². The van der Waals surface area contributed by atoms with Crippen LogP contribution in [-0.4, -0.2) is 15.2 Å². The lowest BCUT2D eigenvalue weighted by atomic mass is 10.1. The zero-order chi connectivity index (χ0) is 15.6. The van der Waals surface area contributed by atoms with Gasteiger partial charge in [-0.25, -0.2) is 0 Å². The highest BCUT2D eigenvalue weighted by atomic mass is 32.1. The molecule has 2 heterocycles. The molecule has 0 saturated carbocycles. The van der Waals surface area contributed by atoms with Gasteiger partial charge in [-0.3, -0.25) is 0 Å². The maximum absolute atomic E-state index is 9.53. The van der Waals surface area contributed by atoms with Crippen LogP contribution in [0.1, 0.15) is 0 Å². The molecule has 0 aliphatic rings. The van der Waals surface area contributed by atoms with Crippen molar-refractivity contribution in [2.75, 3.05) is 0 Å². The third-order valence-corrected chi connectivity index (χ3v) is 4.20. The number of rotatable bonds is 3. The fourth-order valence-electron chi connectivity index (χ4n) is 2.34. The van der Waals surface area contributed by atoms with Gasteiger partial charge in [0.1, 0.15) is 5.75 Å². The van der Waals surface area contributed by atoms with Crippen molar-refractivity contribution < 1.29 is 9.63 Å². The molecular formula is C18H12N2O2S. The first-order chi connectivity index (χ1) is 11.3. The Labute approximate surface area is 136 Å². The van der Waals surface area contributed by atoms with Gasteiger partial charge < -0.3 is 9.63 Å². The van der Waals surface area contributed by atoms with Crippen LogP contribution in [0.4, 0.5) is 0 Å². The van der Waals surface area contributed by atoms with Gasteiger partial charge in [0, 0.05) is 11.1 Å². The van der Waals surface area contributed by atoms with Crippen molar-refractivity contribution in [3.8, 4) is 39.7 Å². The van der Waals surface area contributed by atoms with E-state index in [4.69, 9.17) is 4.52 Å². The molecule has 0 aliphatic heterocycles. The van der Waals surface area contributed by atoms with E-state index in [-0.39, 0.29) is 5.75 Å². The van der Waals surface area contributed by atoms with Gasteiger partial charge in [0.25, 0.3) is 5.89 Å². The largest absolute Gasteiger partial charge is 0.508 e. The molecule has 4 aromatic rings. The smallest absolute Gasteiger partial charge is 0.258 e. The Morgan fingerprint density at radius 2 is 1.70 bits per heavy atom. The molecule has 0 atom stereocenters. The maximum atomic E-state index is 9.53. The van der Waals surface area contributed by atoms with Crippen LogP contribution in [0.15, 0.2) is 69.9 Å². The van der Waals surface area contributed by atoms with Gasteiger partial charge in [0.15, 0.2) is 0 Å². The molecule has 0 bridgehead atoms. The number of phenolic OH excluding ortho intramolecular Hbond substituents is 1. The molecule has 112 valence electrons. The lowest BCUT2D eigenvalue weighted by Crippen LogP contribution is -1.82. The average Bonchev–Trinajstić information content (AvgIpc) is 3.27. The fourth-order valence-corrected chi connectivity index (χ4v) is 3.00. The summed E-state index contributed by atoms with van der Waals surface area (Å²) in [6.07, 6.45) is 0. The SMILES string of the molecule is Oc1cccc(-c2nc(-c3ccc(-c4ccsc4)cc3)no2)c1. The number of hydrogen-bond donors (Lipinski definition) is 1. The third-order valence-electron chi connectivity index (χ3n) is 3.52. The molecule has 2 aromatic carbocycles. The molecular weight excluding hydrogens is 308 g/mol. The van der Waals surface area contributed by atoms with Crippen LogP contribution >= 0.6 is 11.3 Å². The molecule has 0 aliphatic carbocycles. The van der Waals surface area contributed by atoms with E-state index in [1.165, 1.54) is 5.56 Å². The van der Waals surface area contributed by atoms with E-state index in [1.807, 2.05) is 30.3 Å². The fraction of sp³-hybridized carbons (Fsp3) is 0. The second-order valence-corrected chi connectivity index (χ2v) is 5.84. The van der Waals surface area contributed by atoms with Gasteiger partial charge >= 0.3 is 0 Å². The van der Waals surface area contributed by atoms with Gasteiger partial charge in [0.05, 0.1) is 0 Å². The van der Waals surface area contributed by atoms with Crippen LogP contribution < -0.4 is 0 Å². The summed E-state index contributed by atoms with van der Waals surface area (Å²) in [5.41, 5.74) is 3.94. The highest BCUT2D eigenvalue weighted by molar-refractivity contribution is 7.08. The predicted octanol–water partition coefficient (Wildman–Crippen LogP) is 4.84. The Kier molecular flexibility index (Phi) is 3.40. The molecule has 0 spiro atoms. The number of thiophene rings is 1. The molecule has 4 nitrogen and oxygen atoms in total. The summed E-state index contributed by atoms with van der Waals surface area (Å²) >= 11 is 1.68. The first kappa shape index (κ1) is 13.7. The van der Waals surface area contributed by atoms with Crippen LogP contribution in [0.5, 0.6) is 5.75 Å². The number of hydrogen-bond acceptors (Lipinski definition) is 5. The highest BCUT2D eigenvalue weighted by Crippen LogP contribution is 2.27. The van der Waals surface area contributed by atoms with Gasteiger partial charge in [-0.2, -0.15) is 16.3 Å². The molecule has 0 radical (unpaired) electrons. The summed E-state index contributed by atoms with van der Waals surface area (Å²) in [5, 5.41) is 17.7. The molecule has 0 amide bonds. The van der Waals surface area contributed by atoms with Crippen molar-refractivity contribution >= 4 is 11.3 Å². The predicted molar refractivity (Wildman–Crippen MR) is 90.1 cm³/mol. The number of nitrogens with zero attached hydrogens (tertiary/aromatic N) is 2. The zero-order valence-corrected chi connectivity index (χ0v) is 12.8. The van der Waals surface area contributed by atoms with E-state index < -0.39 is 0 Å². The third kappa shape index (κ3) is 2.74. The summed E-state index contributed by atoms with van der Waals surface area (Å²) in [6, 6.07) is 16.9. The van der Waals surface area contributed by atoms with E-state index >= 15 is 0 Å². The van der Waals surface area contributed by atoms with Crippen molar-refractivity contribution in [1.29, 1.82) is 0 Å². The molecule has 0 fully saturated rings. The van der Waals surface area contributed by atoms with E-state index in [9.17, 15) is 5.11 Å². The Morgan fingerprint density at radius 1 is 0.870 bits per heavy atom. The molecule has 4 rings (SSSR count). The van der Waals surface area contributed by atoms with E-state index in [1.54, 1.807) is 29.5 Å². The van der Waals surface area contributed by atoms with Crippen molar-refractivity contribution in [2.45, 2.75) is 0 Å². The summed E-state index contributed by atoms with van der Waals surface area (Å²) in [7, 11) is 0. The monoisotopic (exact) mass is 320 g/mol. The topological polar surface area (TPSA) is 59.2 Å². The lowest BCUT2D eigenvalue weighted by molar-refractivity contribution is 0.431. The van der Waals surface area contributed by atoms with Gasteiger partial charge in [-0.1, -0.05) is 35.5 Å². The van der Waals surface area contributed by atoms with E-state index in [0.717, 1.165) is 11.1 Å². The zero-order valence-electron chi connectivity index (χ0n) is 12.0. The van der Waals surface area contributed by atoms with E-state index in [0.29, 0.717) is 17.3 Å². The summed E-state index contributed by atoms with van der Waals surface area (Å²) < 4.78 is 5.29. The van der Waals surface area contributed by atoms with Crippen LogP contribution in [0.25, 0.3) is 34.0 Å². The summed E-state index contributed by atoms with van der Waals surface area (Å²) in [4.78, 5) is 4.40. The minimum absolute atomic E-state index is 0.169. The average molecular weight is 320 g/mol. The first-order valence-electron chi connectivity index (χ1n) is 7.06. The minimum atomic E-state index is 0.169. The molecule has 1 N–H and O–H groups in total. The molecule has 2 aromatic heterocycles. The van der Waals surface area contributed by atoms with Crippen molar-refractivity contribution in [2.24, 2.45) is 0 Å². The van der Waals surface area contributed by atoms with Crippen molar-refractivity contribution in [3.05, 3.63) is 65.4 Å². The number of benzene rings is 2. The van der Waals surface area contributed by atoms with Gasteiger partial charge in [-0.05, 0) is 46.2 Å². The number of phenols is 1. The number of aromatic hydroxyl groups is 1. The summed E-state index contributed by atoms with van der Waals surface area (Å²) in [6.45, 7) is 0. The van der Waals surface area contributed by atoms with Crippen LogP contribution in [-0.2, 0) is 0 Å². The van der Waals surface area contributed by atoms with Crippen LogP contribution in [0.2, 0.25) is 0 Å². The Bertz CT molecular complexity index is 928. The molecule has 0 unspecified atom stereocenters. The van der Waals surface area contributed by atoms with Crippen molar-refractivity contribution in [1.82, 2.24) is 10.1 Å². The van der Waals surface area contributed by atoms with Gasteiger partial charge in [-0.15, -0.1) is 0 Å². The normalized spacial score (nSPS) is 10.8. The van der Waals surface area contributed by atoms with E-state index in [2.05, 4.69) is 27.0 Å². The second kappa shape index (κ2) is 5.70. The van der Waals surface area contributed by atoms with Crippen molar-refractivity contribution in [3.63, 3.8) is 0 Å². The van der Waals surface area contributed by atoms with Crippen LogP contribution in [0.3, 0.4) is 0 Å². The standard InChI is InChI=1S/C18H12N2O2S/c21-16-3-1-2-14(10-16)18-19-17(20-22-18)13-6-4-12(5-7-13)15-8-9-23-11-15/h1-11,21H. The summed E-state index contributed by atoms with van der Waals surface area (Å²) in [5.74, 6) is 1.08. The Morgan fingerprint density at radius 3 is 2.43 bits per heavy atom. The quantitative estimate of drug-likeness (QED) is 0.587. The Balaban J connectivity index is 1.64. The molecule has 23 heavy (non-hydrogen) atoms. The molecule has 0 saturated heterocycles. The number of aromatic nitrogens is 2.